The number of carbonyl (C=O) groups is 2. The second-order valence-corrected chi connectivity index (χ2v) is 8.25. The third kappa shape index (κ3) is 2.76. The normalized spacial score (nSPS) is 25.1. The molecule has 154 valence electrons. The molecule has 30 heavy (non-hydrogen) atoms. The summed E-state index contributed by atoms with van der Waals surface area (Å²) in [6.45, 7) is 2.21. The Morgan fingerprint density at radius 1 is 1.33 bits per heavy atom. The van der Waals surface area contributed by atoms with Gasteiger partial charge in [0.05, 0.1) is 0 Å². The minimum atomic E-state index is -0.927. The topological polar surface area (TPSA) is 88.4 Å². The first-order valence-corrected chi connectivity index (χ1v) is 10.0. The number of ether oxygens (including phenoxy) is 1. The number of aromatic nitrogens is 1. The number of nitrogens with two attached hydrogens (primary N) is 1. The Kier molecular flexibility index (Phi) is 4.10. The van der Waals surface area contributed by atoms with E-state index in [-0.39, 0.29) is 17.6 Å². The highest BCUT2D eigenvalue weighted by atomic mass is 19.1. The number of nitrogens with zero attached hydrogens (tertiary/aromatic N) is 1. The van der Waals surface area contributed by atoms with Crippen LogP contribution in [0.5, 0.6) is 5.75 Å². The average molecular weight is 407 g/mol. The number of hydrogen-bond acceptors (Lipinski definition) is 3. The molecule has 0 spiro atoms. The Morgan fingerprint density at radius 3 is 2.93 bits per heavy atom. The van der Waals surface area contributed by atoms with Gasteiger partial charge in [-0.2, -0.15) is 0 Å². The van der Waals surface area contributed by atoms with Crippen molar-refractivity contribution in [1.82, 2.24) is 9.88 Å². The number of H-pyrrole nitrogens is 1. The largest absolute Gasteiger partial charge is 0.468 e. The van der Waals surface area contributed by atoms with Gasteiger partial charge in [-0.15, -0.1) is 0 Å². The average Bonchev–Trinajstić information content (AvgIpc) is 3.09. The lowest BCUT2D eigenvalue weighted by atomic mass is 9.73. The Labute approximate surface area is 172 Å². The van der Waals surface area contributed by atoms with Crippen molar-refractivity contribution in [3.8, 4) is 5.75 Å². The molecule has 0 unspecified atom stereocenters. The summed E-state index contributed by atoms with van der Waals surface area (Å²) >= 11 is 0. The van der Waals surface area contributed by atoms with Crippen molar-refractivity contribution < 1.29 is 18.7 Å². The molecule has 2 aliphatic heterocycles. The highest BCUT2D eigenvalue weighted by molar-refractivity contribution is 6.02. The van der Waals surface area contributed by atoms with Gasteiger partial charge in [-0.1, -0.05) is 18.2 Å². The first-order valence-electron chi connectivity index (χ1n) is 10.0. The molecule has 0 radical (unpaired) electrons. The molecule has 1 fully saturated rings. The highest BCUT2D eigenvalue weighted by Gasteiger charge is 2.55. The number of piperidine rings is 1. The molecule has 3 heterocycles. The van der Waals surface area contributed by atoms with Gasteiger partial charge < -0.3 is 20.4 Å². The molecule has 3 N–H and O–H groups in total. The fourth-order valence-corrected chi connectivity index (χ4v) is 4.97. The second-order valence-electron chi connectivity index (χ2n) is 8.25. The van der Waals surface area contributed by atoms with Crippen LogP contribution in [-0.4, -0.2) is 34.0 Å². The Bertz CT molecular complexity index is 1170. The maximum Gasteiger partial charge on any atom is 0.238 e. The van der Waals surface area contributed by atoms with Gasteiger partial charge in [-0.05, 0) is 48.7 Å². The van der Waals surface area contributed by atoms with Crippen molar-refractivity contribution in [3.63, 3.8) is 0 Å². The summed E-state index contributed by atoms with van der Waals surface area (Å²) in [5.41, 5.74) is 7.37. The summed E-state index contributed by atoms with van der Waals surface area (Å²) in [7, 11) is 0. The van der Waals surface area contributed by atoms with Crippen LogP contribution >= 0.6 is 0 Å². The van der Waals surface area contributed by atoms with E-state index in [0.29, 0.717) is 25.1 Å². The number of rotatable bonds is 4. The summed E-state index contributed by atoms with van der Waals surface area (Å²) < 4.78 is 20.0. The van der Waals surface area contributed by atoms with Gasteiger partial charge in [0.1, 0.15) is 17.5 Å². The molecule has 5 rings (SSSR count). The van der Waals surface area contributed by atoms with E-state index in [1.807, 2.05) is 37.4 Å². The van der Waals surface area contributed by atoms with Crippen LogP contribution in [0, 0.1) is 11.7 Å². The number of amides is 2. The Morgan fingerprint density at radius 2 is 2.13 bits per heavy atom. The van der Waals surface area contributed by atoms with Crippen LogP contribution in [0.25, 0.3) is 10.9 Å². The standard InChI is InChI=1S/C23H22FN3O3/c1-23-11-17(15-4-2-3-5-19(15)30-23)20(21(25)28)22(29)27(23)9-8-13-12-26-18-7-6-14(24)10-16(13)18/h2-7,10,12,17,20,26H,8-9,11H2,1H3,(H2,25,28)/t17-,20-,23-/m0/s1. The van der Waals surface area contributed by atoms with Gasteiger partial charge in [-0.3, -0.25) is 9.59 Å². The van der Waals surface area contributed by atoms with E-state index in [0.717, 1.165) is 22.0 Å². The number of fused-ring (bicyclic) bond motifs is 5. The zero-order valence-corrected chi connectivity index (χ0v) is 16.5. The monoisotopic (exact) mass is 407 g/mol. The minimum absolute atomic E-state index is 0.302. The van der Waals surface area contributed by atoms with Crippen molar-refractivity contribution in [1.29, 1.82) is 0 Å². The molecule has 1 saturated heterocycles. The zero-order valence-electron chi connectivity index (χ0n) is 16.5. The maximum atomic E-state index is 13.7. The maximum absolute atomic E-state index is 13.7. The summed E-state index contributed by atoms with van der Waals surface area (Å²) in [4.78, 5) is 30.4. The third-order valence-electron chi connectivity index (χ3n) is 6.39. The zero-order chi connectivity index (χ0) is 21.0. The first kappa shape index (κ1) is 18.7. The lowest BCUT2D eigenvalue weighted by molar-refractivity contribution is -0.175. The molecular formula is C23H22FN3O3. The number of likely N-dealkylation sites (tertiary alicyclic amines) is 1. The smallest absolute Gasteiger partial charge is 0.238 e. The number of hydrogen-bond donors (Lipinski definition) is 2. The molecule has 2 aromatic carbocycles. The summed E-state index contributed by atoms with van der Waals surface area (Å²) in [6.07, 6.45) is 2.81. The fourth-order valence-electron chi connectivity index (χ4n) is 4.97. The molecule has 0 aliphatic carbocycles. The van der Waals surface area contributed by atoms with E-state index >= 15 is 0 Å². The number of primary amides is 1. The van der Waals surface area contributed by atoms with E-state index in [9.17, 15) is 14.0 Å². The molecule has 3 aromatic rings. The first-order chi connectivity index (χ1) is 14.4. The van der Waals surface area contributed by atoms with Gasteiger partial charge in [-0.25, -0.2) is 4.39 Å². The molecule has 0 saturated carbocycles. The van der Waals surface area contributed by atoms with Crippen molar-refractivity contribution in [3.05, 3.63) is 65.6 Å². The summed E-state index contributed by atoms with van der Waals surface area (Å²) in [5.74, 6) is -1.81. The van der Waals surface area contributed by atoms with Gasteiger partial charge in [0.25, 0.3) is 0 Å². The van der Waals surface area contributed by atoms with Crippen molar-refractivity contribution in [2.24, 2.45) is 11.7 Å². The predicted molar refractivity (Wildman–Crippen MR) is 109 cm³/mol. The molecule has 3 atom stereocenters. The van der Waals surface area contributed by atoms with Crippen molar-refractivity contribution in [2.75, 3.05) is 6.54 Å². The molecule has 2 aliphatic rings. The van der Waals surface area contributed by atoms with Crippen LogP contribution in [0.4, 0.5) is 4.39 Å². The molecule has 2 bridgehead atoms. The lowest BCUT2D eigenvalue weighted by Gasteiger charge is -2.52. The summed E-state index contributed by atoms with van der Waals surface area (Å²) in [5, 5.41) is 0.781. The SMILES string of the molecule is C[C@@]12C[C@@H](c3ccccc3O1)[C@@H](C(N)=O)C(=O)N2CCc1c[nH]c2ccc(F)cc12. The molecule has 7 heteroatoms. The van der Waals surface area contributed by atoms with Crippen LogP contribution < -0.4 is 10.5 Å². The number of para-hydroxylation sites is 1. The molecule has 2 amide bonds. The van der Waals surface area contributed by atoms with Crippen LogP contribution in [0.2, 0.25) is 0 Å². The third-order valence-corrected chi connectivity index (χ3v) is 6.39. The fraction of sp³-hybridized carbons (Fsp3) is 0.304. The molecular weight excluding hydrogens is 385 g/mol. The van der Waals surface area contributed by atoms with E-state index < -0.39 is 17.6 Å². The predicted octanol–water partition coefficient (Wildman–Crippen LogP) is 3.08. The van der Waals surface area contributed by atoms with Gasteiger partial charge >= 0.3 is 0 Å². The summed E-state index contributed by atoms with van der Waals surface area (Å²) in [6, 6.07) is 12.1. The number of carbonyl (C=O) groups excluding carboxylic acids is 2. The van der Waals surface area contributed by atoms with E-state index in [4.69, 9.17) is 10.5 Å². The molecule has 6 nitrogen and oxygen atoms in total. The van der Waals surface area contributed by atoms with Crippen LogP contribution in [0.15, 0.2) is 48.7 Å². The van der Waals surface area contributed by atoms with Crippen LogP contribution in [-0.2, 0) is 16.0 Å². The number of nitrogens with one attached hydrogen (secondary N) is 1. The quantitative estimate of drug-likeness (QED) is 0.652. The number of benzene rings is 2. The van der Waals surface area contributed by atoms with Gasteiger partial charge in [0.15, 0.2) is 5.72 Å². The van der Waals surface area contributed by atoms with Crippen molar-refractivity contribution >= 4 is 22.7 Å². The highest BCUT2D eigenvalue weighted by Crippen LogP contribution is 2.50. The molecule has 1 aromatic heterocycles. The van der Waals surface area contributed by atoms with Crippen LogP contribution in [0.1, 0.15) is 30.4 Å². The van der Waals surface area contributed by atoms with E-state index in [1.54, 1.807) is 11.0 Å². The number of aromatic amines is 1. The lowest BCUT2D eigenvalue weighted by Crippen LogP contribution is -2.64. The van der Waals surface area contributed by atoms with Gasteiger partial charge in [0, 0.05) is 36.0 Å². The minimum Gasteiger partial charge on any atom is -0.468 e. The van der Waals surface area contributed by atoms with E-state index in [1.165, 1.54) is 12.1 Å². The van der Waals surface area contributed by atoms with E-state index in [2.05, 4.69) is 4.98 Å². The Hall–Kier alpha value is -3.35. The number of halogens is 1. The van der Waals surface area contributed by atoms with Crippen LogP contribution in [0.3, 0.4) is 0 Å². The van der Waals surface area contributed by atoms with Gasteiger partial charge in [0.2, 0.25) is 11.8 Å². The van der Waals surface area contributed by atoms with Crippen molar-refractivity contribution in [2.45, 2.75) is 31.4 Å². The second kappa shape index (κ2) is 6.58. The Balaban J connectivity index is 1.49.